The summed E-state index contributed by atoms with van der Waals surface area (Å²) < 4.78 is 25.2. The SMILES string of the molecule is C[C@H]1CCCC[C@@H]1NC(=O)c1ccc(S(=O)(=O)N(C)C)cc1. The largest absolute Gasteiger partial charge is 0.349 e. The first kappa shape index (κ1) is 17.0. The van der Waals surface area contributed by atoms with E-state index in [1.165, 1.54) is 32.6 Å². The first-order valence-corrected chi connectivity index (χ1v) is 9.10. The van der Waals surface area contributed by atoms with Crippen LogP contribution in [0.2, 0.25) is 0 Å². The van der Waals surface area contributed by atoms with Gasteiger partial charge in [0.2, 0.25) is 10.0 Å². The third-order valence-corrected chi connectivity index (χ3v) is 6.15. The van der Waals surface area contributed by atoms with Crippen LogP contribution in [0.15, 0.2) is 29.2 Å². The maximum absolute atomic E-state index is 12.3. The average Bonchev–Trinajstić information content (AvgIpc) is 2.49. The number of sulfonamides is 1. The van der Waals surface area contributed by atoms with Crippen molar-refractivity contribution in [2.24, 2.45) is 5.92 Å². The Hall–Kier alpha value is -1.40. The lowest BCUT2D eigenvalue weighted by Crippen LogP contribution is -2.41. The van der Waals surface area contributed by atoms with E-state index in [9.17, 15) is 13.2 Å². The van der Waals surface area contributed by atoms with Gasteiger partial charge in [0.15, 0.2) is 0 Å². The predicted octanol–water partition coefficient (Wildman–Crippen LogP) is 2.25. The Morgan fingerprint density at radius 1 is 1.14 bits per heavy atom. The highest BCUT2D eigenvalue weighted by molar-refractivity contribution is 7.89. The van der Waals surface area contributed by atoms with E-state index in [1.54, 1.807) is 12.1 Å². The van der Waals surface area contributed by atoms with Crippen molar-refractivity contribution in [3.63, 3.8) is 0 Å². The van der Waals surface area contributed by atoms with Crippen molar-refractivity contribution in [2.75, 3.05) is 14.1 Å². The number of carbonyl (C=O) groups excluding carboxylic acids is 1. The zero-order chi connectivity index (χ0) is 16.3. The highest BCUT2D eigenvalue weighted by Crippen LogP contribution is 2.24. The lowest BCUT2D eigenvalue weighted by atomic mass is 9.86. The fraction of sp³-hybridized carbons (Fsp3) is 0.562. The fourth-order valence-electron chi connectivity index (χ4n) is 2.77. The standard InChI is InChI=1S/C16H24N2O3S/c1-12-6-4-5-7-15(12)17-16(19)13-8-10-14(11-9-13)22(20,21)18(2)3/h8-12,15H,4-7H2,1-3H3,(H,17,19)/t12-,15-/m0/s1. The van der Waals surface area contributed by atoms with Crippen LogP contribution >= 0.6 is 0 Å². The predicted molar refractivity (Wildman–Crippen MR) is 86.2 cm³/mol. The van der Waals surface area contributed by atoms with Gasteiger partial charge in [-0.25, -0.2) is 12.7 Å². The monoisotopic (exact) mass is 324 g/mol. The van der Waals surface area contributed by atoms with Crippen molar-refractivity contribution < 1.29 is 13.2 Å². The molecule has 6 heteroatoms. The smallest absolute Gasteiger partial charge is 0.251 e. The summed E-state index contributed by atoms with van der Waals surface area (Å²) in [6.45, 7) is 2.16. The summed E-state index contributed by atoms with van der Waals surface area (Å²) in [5.74, 6) is 0.360. The summed E-state index contributed by atoms with van der Waals surface area (Å²) in [6, 6.07) is 6.31. The number of nitrogens with one attached hydrogen (secondary N) is 1. The van der Waals surface area contributed by atoms with E-state index in [-0.39, 0.29) is 16.8 Å². The minimum atomic E-state index is -3.45. The lowest BCUT2D eigenvalue weighted by molar-refractivity contribution is 0.0910. The molecule has 0 aromatic heterocycles. The number of carbonyl (C=O) groups is 1. The summed E-state index contributed by atoms with van der Waals surface area (Å²) >= 11 is 0. The van der Waals surface area contributed by atoms with Crippen LogP contribution in [-0.2, 0) is 10.0 Å². The summed E-state index contributed by atoms with van der Waals surface area (Å²) in [6.07, 6.45) is 4.53. The van der Waals surface area contributed by atoms with Gasteiger partial charge in [-0.3, -0.25) is 4.79 Å². The van der Waals surface area contributed by atoms with E-state index in [2.05, 4.69) is 12.2 Å². The molecule has 0 unspecified atom stereocenters. The van der Waals surface area contributed by atoms with Gasteiger partial charge < -0.3 is 5.32 Å². The van der Waals surface area contributed by atoms with E-state index in [0.29, 0.717) is 11.5 Å². The maximum atomic E-state index is 12.3. The molecule has 122 valence electrons. The molecule has 2 atom stereocenters. The number of amides is 1. The second-order valence-corrected chi connectivity index (χ2v) is 8.31. The molecule has 0 radical (unpaired) electrons. The lowest BCUT2D eigenvalue weighted by Gasteiger charge is -2.29. The topological polar surface area (TPSA) is 66.5 Å². The van der Waals surface area contributed by atoms with Crippen LogP contribution in [0.5, 0.6) is 0 Å². The second kappa shape index (κ2) is 6.79. The molecule has 1 fully saturated rings. The normalized spacial score (nSPS) is 22.5. The summed E-state index contributed by atoms with van der Waals surface area (Å²) in [5, 5.41) is 3.07. The van der Waals surface area contributed by atoms with Gasteiger partial charge in [-0.05, 0) is 43.0 Å². The van der Waals surface area contributed by atoms with Gasteiger partial charge in [0.1, 0.15) is 0 Å². The van der Waals surface area contributed by atoms with Gasteiger partial charge in [-0.15, -0.1) is 0 Å². The maximum Gasteiger partial charge on any atom is 0.251 e. The molecule has 0 aliphatic heterocycles. The third-order valence-electron chi connectivity index (χ3n) is 4.32. The van der Waals surface area contributed by atoms with Gasteiger partial charge in [0, 0.05) is 25.7 Å². The van der Waals surface area contributed by atoms with E-state index >= 15 is 0 Å². The summed E-state index contributed by atoms with van der Waals surface area (Å²) in [4.78, 5) is 12.5. The van der Waals surface area contributed by atoms with Crippen LogP contribution in [0.1, 0.15) is 43.0 Å². The van der Waals surface area contributed by atoms with Gasteiger partial charge in [-0.2, -0.15) is 0 Å². The number of nitrogens with zero attached hydrogens (tertiary/aromatic N) is 1. The highest BCUT2D eigenvalue weighted by Gasteiger charge is 2.23. The number of hydrogen-bond acceptors (Lipinski definition) is 3. The number of hydrogen-bond donors (Lipinski definition) is 1. The quantitative estimate of drug-likeness (QED) is 0.924. The van der Waals surface area contributed by atoms with Gasteiger partial charge >= 0.3 is 0 Å². The Balaban J connectivity index is 2.08. The summed E-state index contributed by atoms with van der Waals surface area (Å²) in [5.41, 5.74) is 0.496. The van der Waals surface area contributed by atoms with Crippen LogP contribution in [0.25, 0.3) is 0 Å². The van der Waals surface area contributed by atoms with Gasteiger partial charge in [0.05, 0.1) is 4.90 Å². The third kappa shape index (κ3) is 3.67. The Kier molecular flexibility index (Phi) is 5.24. The van der Waals surface area contributed by atoms with Crippen molar-refractivity contribution in [3.05, 3.63) is 29.8 Å². The zero-order valence-electron chi connectivity index (χ0n) is 13.4. The molecule has 1 saturated carbocycles. The molecule has 1 aromatic rings. The Morgan fingerprint density at radius 3 is 2.27 bits per heavy atom. The zero-order valence-corrected chi connectivity index (χ0v) is 14.2. The van der Waals surface area contributed by atoms with E-state index in [1.807, 2.05) is 0 Å². The van der Waals surface area contributed by atoms with Crippen molar-refractivity contribution in [1.29, 1.82) is 0 Å². The number of benzene rings is 1. The van der Waals surface area contributed by atoms with Crippen LogP contribution in [-0.4, -0.2) is 38.8 Å². The highest BCUT2D eigenvalue weighted by atomic mass is 32.2. The first-order valence-electron chi connectivity index (χ1n) is 7.66. The van der Waals surface area contributed by atoms with Crippen LogP contribution in [0.3, 0.4) is 0 Å². The molecular weight excluding hydrogens is 300 g/mol. The van der Waals surface area contributed by atoms with Crippen LogP contribution < -0.4 is 5.32 Å². The molecule has 1 aliphatic rings. The summed E-state index contributed by atoms with van der Waals surface area (Å²) in [7, 11) is -0.481. The molecule has 2 rings (SSSR count). The number of rotatable bonds is 4. The molecule has 0 saturated heterocycles. The van der Waals surface area contributed by atoms with Crippen LogP contribution in [0.4, 0.5) is 0 Å². The molecule has 1 aliphatic carbocycles. The molecule has 0 heterocycles. The Bertz CT molecular complexity index is 623. The molecule has 1 aromatic carbocycles. The van der Waals surface area contributed by atoms with E-state index in [4.69, 9.17) is 0 Å². The molecule has 0 bridgehead atoms. The minimum absolute atomic E-state index is 0.132. The van der Waals surface area contributed by atoms with Crippen molar-refractivity contribution in [1.82, 2.24) is 9.62 Å². The Morgan fingerprint density at radius 2 is 1.73 bits per heavy atom. The first-order chi connectivity index (χ1) is 10.3. The fourth-order valence-corrected chi connectivity index (χ4v) is 3.67. The van der Waals surface area contributed by atoms with Crippen molar-refractivity contribution in [2.45, 2.75) is 43.5 Å². The van der Waals surface area contributed by atoms with E-state index < -0.39 is 10.0 Å². The average molecular weight is 324 g/mol. The second-order valence-electron chi connectivity index (χ2n) is 6.15. The molecule has 1 N–H and O–H groups in total. The molecule has 1 amide bonds. The molecule has 0 spiro atoms. The molecule has 5 nitrogen and oxygen atoms in total. The van der Waals surface area contributed by atoms with Crippen molar-refractivity contribution in [3.8, 4) is 0 Å². The Labute approximate surface area is 132 Å². The minimum Gasteiger partial charge on any atom is -0.349 e. The van der Waals surface area contributed by atoms with Gasteiger partial charge in [-0.1, -0.05) is 19.8 Å². The van der Waals surface area contributed by atoms with Gasteiger partial charge in [0.25, 0.3) is 5.91 Å². The van der Waals surface area contributed by atoms with E-state index in [0.717, 1.165) is 23.6 Å². The molecular formula is C16H24N2O3S. The molecule has 22 heavy (non-hydrogen) atoms. The van der Waals surface area contributed by atoms with Crippen molar-refractivity contribution >= 4 is 15.9 Å². The van der Waals surface area contributed by atoms with Crippen LogP contribution in [0, 0.1) is 5.92 Å².